The Balaban J connectivity index is 1.32. The van der Waals surface area contributed by atoms with Crippen LogP contribution in [0.15, 0.2) is 67.1 Å². The minimum Gasteiger partial charge on any atom is -0.378 e. The second kappa shape index (κ2) is 8.70. The van der Waals surface area contributed by atoms with E-state index < -0.39 is 0 Å². The molecule has 2 aromatic carbocycles. The van der Waals surface area contributed by atoms with Crippen molar-refractivity contribution in [3.05, 3.63) is 78.4 Å². The number of fused-ring (bicyclic) bond motifs is 1. The molecule has 0 amide bonds. The van der Waals surface area contributed by atoms with Gasteiger partial charge in [-0.05, 0) is 60.0 Å². The number of hydrogen-bond acceptors (Lipinski definition) is 6. The Kier molecular flexibility index (Phi) is 5.46. The molecule has 0 radical (unpaired) electrons. The van der Waals surface area contributed by atoms with Crippen molar-refractivity contribution in [2.75, 3.05) is 36.5 Å². The molecule has 31 heavy (non-hydrogen) atoms. The lowest BCUT2D eigenvalue weighted by molar-refractivity contribution is 0.122. The molecular formula is C25H25N5O. The third-order valence-corrected chi connectivity index (χ3v) is 5.64. The quantitative estimate of drug-likeness (QED) is 0.524. The van der Waals surface area contributed by atoms with E-state index in [0.717, 1.165) is 59.8 Å². The van der Waals surface area contributed by atoms with Gasteiger partial charge in [-0.3, -0.25) is 4.98 Å². The van der Waals surface area contributed by atoms with Crippen LogP contribution in [0.4, 0.5) is 11.5 Å². The number of aryl methyl sites for hydroxylation is 1. The number of pyridine rings is 1. The molecule has 0 bridgehead atoms. The first-order chi connectivity index (χ1) is 15.3. The summed E-state index contributed by atoms with van der Waals surface area (Å²) in [6, 6.07) is 19.1. The van der Waals surface area contributed by atoms with Gasteiger partial charge in [0.15, 0.2) is 0 Å². The van der Waals surface area contributed by atoms with Crippen LogP contribution in [-0.2, 0) is 11.3 Å². The molecule has 1 saturated heterocycles. The smallest absolute Gasteiger partial charge is 0.137 e. The van der Waals surface area contributed by atoms with Gasteiger partial charge in [-0.15, -0.1) is 0 Å². The van der Waals surface area contributed by atoms with Gasteiger partial charge >= 0.3 is 0 Å². The van der Waals surface area contributed by atoms with E-state index in [1.165, 1.54) is 11.3 Å². The van der Waals surface area contributed by atoms with Crippen molar-refractivity contribution in [3.8, 4) is 11.1 Å². The fraction of sp³-hybridized carbons (Fsp3) is 0.240. The van der Waals surface area contributed by atoms with Crippen molar-refractivity contribution in [2.45, 2.75) is 13.5 Å². The molecule has 1 aliphatic heterocycles. The maximum absolute atomic E-state index is 5.44. The van der Waals surface area contributed by atoms with Gasteiger partial charge in [0.2, 0.25) is 0 Å². The maximum atomic E-state index is 5.44. The molecule has 0 unspecified atom stereocenters. The Labute approximate surface area is 181 Å². The van der Waals surface area contributed by atoms with E-state index in [-0.39, 0.29) is 0 Å². The van der Waals surface area contributed by atoms with Crippen LogP contribution in [0.3, 0.4) is 0 Å². The molecule has 1 N–H and O–H groups in total. The summed E-state index contributed by atoms with van der Waals surface area (Å²) in [5, 5.41) is 4.49. The van der Waals surface area contributed by atoms with Gasteiger partial charge in [-0.2, -0.15) is 0 Å². The Bertz CT molecular complexity index is 1190. The number of nitrogens with one attached hydrogen (secondary N) is 1. The predicted molar refractivity (Wildman–Crippen MR) is 124 cm³/mol. The fourth-order valence-electron chi connectivity index (χ4n) is 3.93. The van der Waals surface area contributed by atoms with E-state index in [0.29, 0.717) is 6.54 Å². The number of nitrogens with zero attached hydrogens (tertiary/aromatic N) is 4. The van der Waals surface area contributed by atoms with Crippen LogP contribution in [0.2, 0.25) is 0 Å². The lowest BCUT2D eigenvalue weighted by Gasteiger charge is -2.28. The molecule has 1 aliphatic rings. The molecule has 0 spiro atoms. The van der Waals surface area contributed by atoms with Gasteiger partial charge in [0, 0.05) is 42.6 Å². The van der Waals surface area contributed by atoms with Gasteiger partial charge in [0.1, 0.15) is 12.1 Å². The van der Waals surface area contributed by atoms with Crippen LogP contribution in [0.25, 0.3) is 22.0 Å². The van der Waals surface area contributed by atoms with E-state index in [1.807, 2.05) is 19.2 Å². The highest BCUT2D eigenvalue weighted by molar-refractivity contribution is 5.91. The zero-order chi connectivity index (χ0) is 21.0. The minimum absolute atomic E-state index is 0.709. The summed E-state index contributed by atoms with van der Waals surface area (Å²) in [6.45, 7) is 6.21. The number of anilines is 2. The molecule has 5 rings (SSSR count). The molecule has 3 heterocycles. The monoisotopic (exact) mass is 411 g/mol. The van der Waals surface area contributed by atoms with Crippen molar-refractivity contribution < 1.29 is 4.74 Å². The highest BCUT2D eigenvalue weighted by Crippen LogP contribution is 2.27. The van der Waals surface area contributed by atoms with E-state index in [9.17, 15) is 0 Å². The Morgan fingerprint density at radius 1 is 0.903 bits per heavy atom. The normalized spacial score (nSPS) is 14.0. The largest absolute Gasteiger partial charge is 0.378 e. The highest BCUT2D eigenvalue weighted by Gasteiger charge is 2.11. The van der Waals surface area contributed by atoms with Crippen LogP contribution in [0.1, 0.15) is 11.3 Å². The van der Waals surface area contributed by atoms with Crippen molar-refractivity contribution in [1.82, 2.24) is 15.0 Å². The first-order valence-electron chi connectivity index (χ1n) is 10.6. The number of morpholine rings is 1. The molecule has 6 heteroatoms. The van der Waals surface area contributed by atoms with Crippen molar-refractivity contribution in [1.29, 1.82) is 0 Å². The van der Waals surface area contributed by atoms with E-state index in [1.54, 1.807) is 6.33 Å². The molecule has 6 nitrogen and oxygen atoms in total. The standard InChI is InChI=1S/C25H25N5O/c1-18-14-21(8-9-26-18)20-4-7-23-24(15-20)28-17-29-25(23)27-16-19-2-5-22(6-3-19)30-10-12-31-13-11-30/h2-9,14-15,17H,10-13,16H2,1H3,(H,27,28,29). The summed E-state index contributed by atoms with van der Waals surface area (Å²) in [7, 11) is 0. The third kappa shape index (κ3) is 4.34. The molecule has 1 fully saturated rings. The summed E-state index contributed by atoms with van der Waals surface area (Å²) in [5.41, 5.74) is 6.66. The maximum Gasteiger partial charge on any atom is 0.137 e. The second-order valence-corrected chi connectivity index (χ2v) is 7.76. The van der Waals surface area contributed by atoms with E-state index >= 15 is 0 Å². The summed E-state index contributed by atoms with van der Waals surface area (Å²) in [6.07, 6.45) is 3.46. The van der Waals surface area contributed by atoms with Gasteiger partial charge in [-0.25, -0.2) is 9.97 Å². The zero-order valence-corrected chi connectivity index (χ0v) is 17.6. The topological polar surface area (TPSA) is 63.2 Å². The van der Waals surface area contributed by atoms with Gasteiger partial charge < -0.3 is 15.0 Å². The number of ether oxygens (including phenoxy) is 1. The average Bonchev–Trinajstić information content (AvgIpc) is 2.83. The minimum atomic E-state index is 0.709. The summed E-state index contributed by atoms with van der Waals surface area (Å²) < 4.78 is 5.44. The number of aromatic nitrogens is 3. The molecule has 2 aromatic heterocycles. The summed E-state index contributed by atoms with van der Waals surface area (Å²) in [5.74, 6) is 0.847. The third-order valence-electron chi connectivity index (χ3n) is 5.64. The van der Waals surface area contributed by atoms with Crippen molar-refractivity contribution in [3.63, 3.8) is 0 Å². The molecule has 0 aliphatic carbocycles. The first-order valence-corrected chi connectivity index (χ1v) is 10.6. The second-order valence-electron chi connectivity index (χ2n) is 7.76. The van der Waals surface area contributed by atoms with Gasteiger partial charge in [-0.1, -0.05) is 18.2 Å². The van der Waals surface area contributed by atoms with E-state index in [2.05, 4.69) is 73.7 Å². The highest BCUT2D eigenvalue weighted by atomic mass is 16.5. The molecule has 0 atom stereocenters. The van der Waals surface area contributed by atoms with Crippen LogP contribution in [-0.4, -0.2) is 41.3 Å². The van der Waals surface area contributed by atoms with Gasteiger partial charge in [0.25, 0.3) is 0 Å². The van der Waals surface area contributed by atoms with E-state index in [4.69, 9.17) is 4.74 Å². The SMILES string of the molecule is Cc1cc(-c2ccc3c(NCc4ccc(N5CCOCC5)cc4)ncnc3c2)ccn1. The fourth-order valence-corrected chi connectivity index (χ4v) is 3.93. The van der Waals surface area contributed by atoms with Gasteiger partial charge in [0.05, 0.1) is 18.7 Å². The lowest BCUT2D eigenvalue weighted by Crippen LogP contribution is -2.36. The van der Waals surface area contributed by atoms with Crippen molar-refractivity contribution in [2.24, 2.45) is 0 Å². The summed E-state index contributed by atoms with van der Waals surface area (Å²) in [4.78, 5) is 15.6. The Morgan fingerprint density at radius 2 is 1.71 bits per heavy atom. The van der Waals surface area contributed by atoms with Crippen molar-refractivity contribution >= 4 is 22.4 Å². The lowest BCUT2D eigenvalue weighted by atomic mass is 10.0. The summed E-state index contributed by atoms with van der Waals surface area (Å²) >= 11 is 0. The Morgan fingerprint density at radius 3 is 2.52 bits per heavy atom. The number of hydrogen-bond donors (Lipinski definition) is 1. The van der Waals surface area contributed by atoms with Crippen LogP contribution >= 0.6 is 0 Å². The van der Waals surface area contributed by atoms with Crippen LogP contribution in [0.5, 0.6) is 0 Å². The van der Waals surface area contributed by atoms with Crippen LogP contribution in [0, 0.1) is 6.92 Å². The zero-order valence-electron chi connectivity index (χ0n) is 17.6. The molecule has 156 valence electrons. The molecule has 0 saturated carbocycles. The average molecular weight is 412 g/mol. The molecular weight excluding hydrogens is 386 g/mol. The van der Waals surface area contributed by atoms with Crippen LogP contribution < -0.4 is 10.2 Å². The number of benzene rings is 2. The predicted octanol–water partition coefficient (Wildman–Crippen LogP) is 4.45. The Hall–Kier alpha value is -3.51. The number of rotatable bonds is 5. The molecule has 4 aromatic rings. The first kappa shape index (κ1) is 19.5.